The molecule has 0 saturated carbocycles. The maximum Gasteiger partial charge on any atom is 0.294 e. The Morgan fingerprint density at radius 3 is 2.45 bits per heavy atom. The second-order valence-corrected chi connectivity index (χ2v) is 9.01. The zero-order chi connectivity index (χ0) is 21.9. The lowest BCUT2D eigenvalue weighted by Gasteiger charge is -2.24. The molecule has 0 bridgehead atoms. The third-order valence-electron chi connectivity index (χ3n) is 5.80. The second-order valence-electron chi connectivity index (χ2n) is 7.59. The number of carbonyl (C=O) groups is 1. The minimum absolute atomic E-state index is 0.0120. The Balaban J connectivity index is 1.89. The van der Waals surface area contributed by atoms with E-state index in [0.717, 1.165) is 33.7 Å². The molecule has 5 rings (SSSR count). The van der Waals surface area contributed by atoms with Crippen molar-refractivity contribution in [3.63, 3.8) is 0 Å². The van der Waals surface area contributed by atoms with Gasteiger partial charge in [0, 0.05) is 23.6 Å². The zero-order valence-electron chi connectivity index (χ0n) is 16.5. The maximum atomic E-state index is 13.6. The highest BCUT2D eigenvalue weighted by Gasteiger charge is 2.29. The monoisotopic (exact) mass is 431 g/mol. The molecule has 1 aliphatic rings. The van der Waals surface area contributed by atoms with Crippen molar-refractivity contribution >= 4 is 26.8 Å². The van der Waals surface area contributed by atoms with Gasteiger partial charge >= 0.3 is 0 Å². The van der Waals surface area contributed by atoms with Crippen molar-refractivity contribution in [2.75, 3.05) is 0 Å². The van der Waals surface area contributed by atoms with Crippen molar-refractivity contribution in [3.05, 3.63) is 99.3 Å². The molecular weight excluding hydrogens is 414 g/mol. The zero-order valence-corrected chi connectivity index (χ0v) is 17.3. The minimum atomic E-state index is -4.49. The van der Waals surface area contributed by atoms with Gasteiger partial charge in [-0.15, -0.1) is 0 Å². The van der Waals surface area contributed by atoms with E-state index in [0.29, 0.717) is 12.0 Å². The SMILES string of the molecule is Cn1c(=O)c(C(=O)c2cccc(S(=O)(=O)O)c2)c2c3c(cccc31)Cc1ccccc1-2. The lowest BCUT2D eigenvalue weighted by molar-refractivity contribution is 0.103. The Morgan fingerprint density at radius 1 is 0.968 bits per heavy atom. The number of fused-ring (bicyclic) bond motifs is 2. The fourth-order valence-electron chi connectivity index (χ4n) is 4.36. The number of ketones is 1. The number of aryl methyl sites for hydroxylation is 1. The Labute approximate surface area is 178 Å². The van der Waals surface area contributed by atoms with Crippen LogP contribution < -0.4 is 5.56 Å². The molecule has 7 heteroatoms. The van der Waals surface area contributed by atoms with Crippen LogP contribution in [0.5, 0.6) is 0 Å². The van der Waals surface area contributed by atoms with Gasteiger partial charge in [-0.25, -0.2) is 0 Å². The highest BCUT2D eigenvalue weighted by molar-refractivity contribution is 7.85. The van der Waals surface area contributed by atoms with Gasteiger partial charge in [-0.2, -0.15) is 8.42 Å². The Hall–Kier alpha value is -3.55. The average molecular weight is 431 g/mol. The molecule has 1 aromatic heterocycles. The van der Waals surface area contributed by atoms with Gasteiger partial charge in [0.1, 0.15) is 0 Å². The molecule has 0 fully saturated rings. The predicted octanol–water partition coefficient (Wildman–Crippen LogP) is 3.59. The van der Waals surface area contributed by atoms with Gasteiger partial charge in [-0.1, -0.05) is 48.5 Å². The van der Waals surface area contributed by atoms with E-state index in [1.807, 2.05) is 42.5 Å². The van der Waals surface area contributed by atoms with Crippen LogP contribution in [0.15, 0.2) is 76.4 Å². The van der Waals surface area contributed by atoms with E-state index in [1.165, 1.54) is 22.8 Å². The number of pyridine rings is 1. The van der Waals surface area contributed by atoms with Gasteiger partial charge in [0.2, 0.25) is 0 Å². The van der Waals surface area contributed by atoms with Gasteiger partial charge in [0.05, 0.1) is 16.0 Å². The van der Waals surface area contributed by atoms with E-state index in [9.17, 15) is 22.6 Å². The normalized spacial score (nSPS) is 12.6. The summed E-state index contributed by atoms with van der Waals surface area (Å²) in [7, 11) is -2.87. The van der Waals surface area contributed by atoms with Crippen molar-refractivity contribution in [1.29, 1.82) is 0 Å². The van der Waals surface area contributed by atoms with Crippen LogP contribution >= 0.6 is 0 Å². The van der Waals surface area contributed by atoms with Crippen molar-refractivity contribution < 1.29 is 17.8 Å². The minimum Gasteiger partial charge on any atom is -0.311 e. The third-order valence-corrected chi connectivity index (χ3v) is 6.65. The smallest absolute Gasteiger partial charge is 0.294 e. The fraction of sp³-hybridized carbons (Fsp3) is 0.0833. The molecule has 31 heavy (non-hydrogen) atoms. The molecule has 1 heterocycles. The lowest BCUT2D eigenvalue weighted by Crippen LogP contribution is -2.28. The highest BCUT2D eigenvalue weighted by atomic mass is 32.2. The first-order valence-electron chi connectivity index (χ1n) is 9.62. The topological polar surface area (TPSA) is 93.4 Å². The number of rotatable bonds is 3. The number of benzene rings is 3. The van der Waals surface area contributed by atoms with E-state index >= 15 is 0 Å². The van der Waals surface area contributed by atoms with E-state index in [2.05, 4.69) is 0 Å². The van der Waals surface area contributed by atoms with Gasteiger partial charge in [0.25, 0.3) is 15.7 Å². The van der Waals surface area contributed by atoms with Crippen LogP contribution in [0.2, 0.25) is 0 Å². The summed E-state index contributed by atoms with van der Waals surface area (Å²) in [5.74, 6) is -0.588. The van der Waals surface area contributed by atoms with Crippen LogP contribution in [0.1, 0.15) is 27.0 Å². The molecule has 4 aromatic rings. The van der Waals surface area contributed by atoms with Crippen LogP contribution in [0.3, 0.4) is 0 Å². The molecule has 0 unspecified atom stereocenters. The maximum absolute atomic E-state index is 13.6. The summed E-state index contributed by atoms with van der Waals surface area (Å²) in [6, 6.07) is 18.5. The Morgan fingerprint density at radius 2 is 1.68 bits per heavy atom. The van der Waals surface area contributed by atoms with Crippen LogP contribution in [0.25, 0.3) is 22.0 Å². The first-order valence-corrected chi connectivity index (χ1v) is 11.1. The predicted molar refractivity (Wildman–Crippen MR) is 117 cm³/mol. The van der Waals surface area contributed by atoms with E-state index in [1.54, 1.807) is 7.05 Å². The molecule has 3 aromatic carbocycles. The largest absolute Gasteiger partial charge is 0.311 e. The molecule has 154 valence electrons. The van der Waals surface area contributed by atoms with E-state index in [4.69, 9.17) is 0 Å². The summed E-state index contributed by atoms with van der Waals surface area (Å²) < 4.78 is 33.9. The molecule has 0 spiro atoms. The molecule has 0 amide bonds. The number of hydrogen-bond acceptors (Lipinski definition) is 4. The van der Waals surface area contributed by atoms with Crippen molar-refractivity contribution in [3.8, 4) is 11.1 Å². The van der Waals surface area contributed by atoms with Crippen molar-refractivity contribution in [1.82, 2.24) is 4.57 Å². The number of nitrogens with zero attached hydrogens (tertiary/aromatic N) is 1. The van der Waals surface area contributed by atoms with Gasteiger partial charge in [-0.05, 0) is 41.3 Å². The molecule has 0 saturated heterocycles. The molecule has 0 atom stereocenters. The molecule has 6 nitrogen and oxygen atoms in total. The van der Waals surface area contributed by atoms with E-state index < -0.39 is 26.4 Å². The van der Waals surface area contributed by atoms with Crippen LogP contribution in [0.4, 0.5) is 0 Å². The molecule has 0 radical (unpaired) electrons. The summed E-state index contributed by atoms with van der Waals surface area (Å²) in [5.41, 5.74) is 3.69. The highest BCUT2D eigenvalue weighted by Crippen LogP contribution is 2.40. The average Bonchev–Trinajstić information content (AvgIpc) is 2.76. The fourth-order valence-corrected chi connectivity index (χ4v) is 4.88. The first-order chi connectivity index (χ1) is 14.8. The standard InChI is InChI=1S/C24H17NO5S/c1-25-19-11-5-7-15-12-14-6-2-3-10-18(14)21(20(15)19)22(24(25)27)23(26)16-8-4-9-17(13-16)31(28,29)30/h2-11,13H,12H2,1H3,(H,28,29,30). The van der Waals surface area contributed by atoms with Crippen molar-refractivity contribution in [2.45, 2.75) is 11.3 Å². The summed E-state index contributed by atoms with van der Waals surface area (Å²) in [5, 5.41) is 0.845. The van der Waals surface area contributed by atoms with Crippen LogP contribution in [-0.4, -0.2) is 23.3 Å². The Bertz CT molecular complexity index is 1580. The van der Waals surface area contributed by atoms with E-state index in [-0.39, 0.29) is 11.1 Å². The first kappa shape index (κ1) is 19.4. The third kappa shape index (κ3) is 2.93. The molecule has 1 N–H and O–H groups in total. The summed E-state index contributed by atoms with van der Waals surface area (Å²) in [6.07, 6.45) is 0.685. The molecule has 0 aliphatic heterocycles. The lowest BCUT2D eigenvalue weighted by atomic mass is 9.81. The number of aromatic nitrogens is 1. The molecular formula is C24H17NO5S. The second kappa shape index (κ2) is 6.73. The van der Waals surface area contributed by atoms with Gasteiger partial charge in [-0.3, -0.25) is 14.1 Å². The number of carbonyl (C=O) groups excluding carboxylic acids is 1. The quantitative estimate of drug-likeness (QED) is 0.348. The summed E-state index contributed by atoms with van der Waals surface area (Å²) >= 11 is 0. The van der Waals surface area contributed by atoms with Gasteiger partial charge in [0.15, 0.2) is 5.78 Å². The molecule has 1 aliphatic carbocycles. The van der Waals surface area contributed by atoms with Gasteiger partial charge < -0.3 is 4.57 Å². The van der Waals surface area contributed by atoms with Crippen molar-refractivity contribution in [2.24, 2.45) is 7.05 Å². The summed E-state index contributed by atoms with van der Waals surface area (Å²) in [6.45, 7) is 0. The number of hydrogen-bond donors (Lipinski definition) is 1. The van der Waals surface area contributed by atoms with Crippen LogP contribution in [0, 0.1) is 0 Å². The Kier molecular flexibility index (Phi) is 4.22. The summed E-state index contributed by atoms with van der Waals surface area (Å²) in [4.78, 5) is 26.6. The van der Waals surface area contributed by atoms with Crippen LogP contribution in [-0.2, 0) is 23.6 Å².